The topological polar surface area (TPSA) is 17.1 Å². The fourth-order valence-corrected chi connectivity index (χ4v) is 1.36. The summed E-state index contributed by atoms with van der Waals surface area (Å²) in [5, 5.41) is -0.918. The van der Waals surface area contributed by atoms with E-state index in [2.05, 4.69) is 0 Å². The number of halogens is 7. The highest BCUT2D eigenvalue weighted by molar-refractivity contribution is 6.44. The van der Waals surface area contributed by atoms with Crippen LogP contribution in [-0.2, 0) is 0 Å². The van der Waals surface area contributed by atoms with Gasteiger partial charge in [-0.15, -0.1) is 0 Å². The zero-order valence-corrected chi connectivity index (χ0v) is 9.30. The van der Waals surface area contributed by atoms with Gasteiger partial charge in [-0.25, -0.2) is 0 Å². The molecule has 8 heteroatoms. The first kappa shape index (κ1) is 14.2. The minimum absolute atomic E-state index is 0.282. The molecule has 0 aliphatic rings. The van der Waals surface area contributed by atoms with Crippen molar-refractivity contribution >= 4 is 29.0 Å². The van der Waals surface area contributed by atoms with Crippen molar-refractivity contribution < 1.29 is 26.7 Å². The van der Waals surface area contributed by atoms with E-state index < -0.39 is 28.5 Å². The SMILES string of the molecule is O=C(c1cccc(Cl)c1Cl)C(F)(F)C(F)(F)F. The van der Waals surface area contributed by atoms with Crippen LogP contribution in [0.15, 0.2) is 18.2 Å². The van der Waals surface area contributed by atoms with Gasteiger partial charge in [-0.1, -0.05) is 29.3 Å². The molecule has 1 aromatic carbocycles. The molecule has 0 aliphatic heterocycles. The average Bonchev–Trinajstić information content (AvgIpc) is 2.19. The van der Waals surface area contributed by atoms with Gasteiger partial charge in [0, 0.05) is 5.56 Å². The van der Waals surface area contributed by atoms with Gasteiger partial charge >= 0.3 is 12.1 Å². The van der Waals surface area contributed by atoms with Gasteiger partial charge in [0.25, 0.3) is 0 Å². The van der Waals surface area contributed by atoms with Crippen molar-refractivity contribution in [1.82, 2.24) is 0 Å². The lowest BCUT2D eigenvalue weighted by Crippen LogP contribution is -2.44. The number of ketones is 1. The van der Waals surface area contributed by atoms with Crippen LogP contribution in [0.3, 0.4) is 0 Å². The van der Waals surface area contributed by atoms with Crippen LogP contribution in [0.1, 0.15) is 10.4 Å². The van der Waals surface area contributed by atoms with Gasteiger partial charge in [-0.3, -0.25) is 4.79 Å². The van der Waals surface area contributed by atoms with Gasteiger partial charge in [0.05, 0.1) is 10.0 Å². The Bertz CT molecular complexity index is 455. The van der Waals surface area contributed by atoms with E-state index in [1.165, 1.54) is 0 Å². The Morgan fingerprint density at radius 2 is 1.59 bits per heavy atom. The summed E-state index contributed by atoms with van der Waals surface area (Å²) in [4.78, 5) is 11.1. The van der Waals surface area contributed by atoms with Crippen LogP contribution in [0.2, 0.25) is 10.0 Å². The molecule has 1 rings (SSSR count). The standard InChI is InChI=1S/C9H3Cl2F5O/c10-5-3-1-2-4(6(5)11)7(17)8(12,13)9(14,15)16/h1-3H. The molecule has 0 radical (unpaired) electrons. The second-order valence-corrected chi connectivity index (χ2v) is 3.79. The van der Waals surface area contributed by atoms with Crippen LogP contribution < -0.4 is 0 Å². The van der Waals surface area contributed by atoms with E-state index in [9.17, 15) is 26.7 Å². The van der Waals surface area contributed by atoms with Gasteiger partial charge in [-0.2, -0.15) is 22.0 Å². The van der Waals surface area contributed by atoms with E-state index in [4.69, 9.17) is 23.2 Å². The fraction of sp³-hybridized carbons (Fsp3) is 0.222. The van der Waals surface area contributed by atoms with Crippen molar-refractivity contribution in [3.63, 3.8) is 0 Å². The molecule has 1 aromatic rings. The molecule has 0 saturated carbocycles. The molecule has 0 bridgehead atoms. The quantitative estimate of drug-likeness (QED) is 0.584. The normalized spacial score (nSPS) is 12.6. The number of alkyl halides is 5. The first-order valence-electron chi connectivity index (χ1n) is 4.02. The summed E-state index contributed by atoms with van der Waals surface area (Å²) in [6.07, 6.45) is -5.98. The summed E-state index contributed by atoms with van der Waals surface area (Å²) < 4.78 is 61.4. The molecule has 0 fully saturated rings. The lowest BCUT2D eigenvalue weighted by Gasteiger charge is -2.18. The van der Waals surface area contributed by atoms with Gasteiger partial charge in [0.1, 0.15) is 0 Å². The summed E-state index contributed by atoms with van der Waals surface area (Å²) in [6.45, 7) is 0. The smallest absolute Gasteiger partial charge is 0.287 e. The lowest BCUT2D eigenvalue weighted by molar-refractivity contribution is -0.255. The van der Waals surface area contributed by atoms with Gasteiger partial charge in [0.2, 0.25) is 5.78 Å². The fourth-order valence-electron chi connectivity index (χ4n) is 0.977. The van der Waals surface area contributed by atoms with Crippen molar-refractivity contribution in [1.29, 1.82) is 0 Å². The Kier molecular flexibility index (Phi) is 3.69. The molecule has 0 amide bonds. The summed E-state index contributed by atoms with van der Waals surface area (Å²) in [6, 6.07) is 2.95. The zero-order valence-electron chi connectivity index (χ0n) is 7.79. The van der Waals surface area contributed by atoms with Gasteiger partial charge in [-0.05, 0) is 12.1 Å². The summed E-state index contributed by atoms with van der Waals surface area (Å²) in [5.41, 5.74) is -0.971. The van der Waals surface area contributed by atoms with Gasteiger partial charge in [0.15, 0.2) is 0 Å². The second-order valence-electron chi connectivity index (χ2n) is 3.00. The van der Waals surface area contributed by atoms with Gasteiger partial charge < -0.3 is 0 Å². The van der Waals surface area contributed by atoms with Crippen LogP contribution in [0.5, 0.6) is 0 Å². The first-order chi connectivity index (χ1) is 7.59. The van der Waals surface area contributed by atoms with Crippen molar-refractivity contribution in [3.05, 3.63) is 33.8 Å². The van der Waals surface area contributed by atoms with Crippen molar-refractivity contribution in [3.8, 4) is 0 Å². The summed E-state index contributed by atoms with van der Waals surface area (Å²) in [7, 11) is 0. The van der Waals surface area contributed by atoms with Crippen LogP contribution in [0, 0.1) is 0 Å². The number of benzene rings is 1. The van der Waals surface area contributed by atoms with Crippen molar-refractivity contribution in [2.75, 3.05) is 0 Å². The zero-order chi connectivity index (χ0) is 13.4. The molecule has 0 heterocycles. The largest absolute Gasteiger partial charge is 0.461 e. The Labute approximate surface area is 102 Å². The van der Waals surface area contributed by atoms with E-state index in [-0.39, 0.29) is 5.02 Å². The van der Waals surface area contributed by atoms with E-state index in [1.807, 2.05) is 0 Å². The monoisotopic (exact) mass is 292 g/mol. The maximum Gasteiger partial charge on any atom is 0.461 e. The second kappa shape index (κ2) is 4.42. The summed E-state index contributed by atoms with van der Waals surface area (Å²) >= 11 is 10.8. The molecular formula is C9H3Cl2F5O. The first-order valence-corrected chi connectivity index (χ1v) is 4.78. The molecule has 94 valence electrons. The third-order valence-corrected chi connectivity index (χ3v) is 2.66. The molecule has 0 spiro atoms. The van der Waals surface area contributed by atoms with Crippen LogP contribution in [-0.4, -0.2) is 17.9 Å². The third-order valence-electron chi connectivity index (χ3n) is 1.84. The number of Topliss-reactive ketones (excluding diaryl/α,β-unsaturated/α-hetero) is 1. The maximum atomic E-state index is 12.7. The molecule has 0 atom stereocenters. The highest BCUT2D eigenvalue weighted by Crippen LogP contribution is 2.40. The predicted octanol–water partition coefficient (Wildman–Crippen LogP) is 4.37. The molecule has 0 saturated heterocycles. The van der Waals surface area contributed by atoms with Crippen molar-refractivity contribution in [2.24, 2.45) is 0 Å². The predicted molar refractivity (Wildman–Crippen MR) is 51.8 cm³/mol. The lowest BCUT2D eigenvalue weighted by atomic mass is 10.1. The number of hydrogen-bond donors (Lipinski definition) is 0. The molecule has 0 N–H and O–H groups in total. The Morgan fingerprint density at radius 3 is 2.06 bits per heavy atom. The maximum absolute atomic E-state index is 12.7. The summed E-state index contributed by atoms with van der Waals surface area (Å²) in [5.74, 6) is -7.93. The Hall–Kier alpha value is -0.880. The number of carbonyl (C=O) groups excluding carboxylic acids is 1. The minimum Gasteiger partial charge on any atom is -0.287 e. The van der Waals surface area contributed by atoms with E-state index in [0.717, 1.165) is 18.2 Å². The molecule has 17 heavy (non-hydrogen) atoms. The highest BCUT2D eigenvalue weighted by Gasteiger charge is 2.63. The number of hydrogen-bond acceptors (Lipinski definition) is 1. The average molecular weight is 293 g/mol. The van der Waals surface area contributed by atoms with E-state index >= 15 is 0 Å². The van der Waals surface area contributed by atoms with Crippen molar-refractivity contribution in [2.45, 2.75) is 12.1 Å². The molecule has 0 unspecified atom stereocenters. The highest BCUT2D eigenvalue weighted by atomic mass is 35.5. The molecule has 1 nitrogen and oxygen atoms in total. The van der Waals surface area contributed by atoms with E-state index in [0.29, 0.717) is 0 Å². The van der Waals surface area contributed by atoms with Crippen LogP contribution in [0.4, 0.5) is 22.0 Å². The molecule has 0 aliphatic carbocycles. The van der Waals surface area contributed by atoms with Crippen LogP contribution in [0.25, 0.3) is 0 Å². The van der Waals surface area contributed by atoms with Crippen LogP contribution >= 0.6 is 23.2 Å². The third kappa shape index (κ3) is 2.52. The number of rotatable bonds is 2. The molecule has 0 aromatic heterocycles. The Morgan fingerprint density at radius 1 is 1.06 bits per heavy atom. The minimum atomic E-state index is -5.98. The molecular weight excluding hydrogens is 290 g/mol. The Balaban J connectivity index is 3.27. The van der Waals surface area contributed by atoms with E-state index in [1.54, 1.807) is 0 Å². The number of carbonyl (C=O) groups is 1.